The number of hydrogen-bond acceptors (Lipinski definition) is 4. The van der Waals surface area contributed by atoms with Crippen molar-refractivity contribution >= 4 is 54.0 Å². The molecule has 0 aliphatic carbocycles. The molecule has 0 fully saturated rings. The van der Waals surface area contributed by atoms with E-state index in [1.807, 2.05) is 0 Å². The van der Waals surface area contributed by atoms with Gasteiger partial charge in [-0.2, -0.15) is 0 Å². The van der Waals surface area contributed by atoms with E-state index >= 15 is 0 Å². The van der Waals surface area contributed by atoms with Crippen LogP contribution in [-0.2, 0) is 139 Å². The molecule has 9 heteroatoms. The Kier molecular flexibility index (Phi) is 1200. The van der Waals surface area contributed by atoms with E-state index in [1.54, 1.807) is 0 Å². The molecule has 0 spiro atoms. The molecule has 0 aliphatic heterocycles. The first-order valence-corrected chi connectivity index (χ1v) is 0. The fourth-order valence-electron chi connectivity index (χ4n) is 0. The Hall–Kier alpha value is 3.97. The molecule has 0 unspecified atom stereocenters. The van der Waals surface area contributed by atoms with Gasteiger partial charge in [0.15, 0.2) is 0 Å². The summed E-state index contributed by atoms with van der Waals surface area (Å²) in [5.41, 5.74) is 0. The van der Waals surface area contributed by atoms with Crippen molar-refractivity contribution in [2.75, 3.05) is 0 Å². The van der Waals surface area contributed by atoms with Gasteiger partial charge in [0.2, 0.25) is 0 Å². The van der Waals surface area contributed by atoms with E-state index in [0.29, 0.717) is 0 Å². The van der Waals surface area contributed by atoms with Gasteiger partial charge in [0.1, 0.15) is 0 Å². The smallest absolute Gasteiger partial charge is 1.00 e. The summed E-state index contributed by atoms with van der Waals surface area (Å²) < 4.78 is 0. The summed E-state index contributed by atoms with van der Waals surface area (Å²) >= 11 is 0. The van der Waals surface area contributed by atoms with Crippen molar-refractivity contribution in [1.29, 1.82) is 0 Å². The molecule has 0 N–H and O–H groups in total. The zero-order chi connectivity index (χ0) is 0. The number of thiol groups is 1. The van der Waals surface area contributed by atoms with E-state index < -0.39 is 0 Å². The molecule has 68 valence electrons. The van der Waals surface area contributed by atoms with Crippen LogP contribution in [0.3, 0.4) is 0 Å². The second kappa shape index (κ2) is 91.4. The Morgan fingerprint density at radius 3 is 0.556 bits per heavy atom. The van der Waals surface area contributed by atoms with Crippen LogP contribution in [0.5, 0.6) is 0 Å². The van der Waals surface area contributed by atoms with E-state index in [-0.39, 0.29) is 139 Å². The number of rotatable bonds is 0. The zero-order valence-electron chi connectivity index (χ0n) is 3.40. The molecular formula is HFe4NiS4-. The maximum absolute atomic E-state index is 0. The van der Waals surface area contributed by atoms with Crippen LogP contribution in [0.1, 0.15) is 0 Å². The molecular weight excluding hydrogens is 410 g/mol. The van der Waals surface area contributed by atoms with Gasteiger partial charge in [0, 0.05) is 67.7 Å². The van der Waals surface area contributed by atoms with E-state index in [9.17, 15) is 0 Å². The second-order valence-electron chi connectivity index (χ2n) is 0. The molecule has 0 aliphatic rings. The first-order valence-electron chi connectivity index (χ1n) is 0. The summed E-state index contributed by atoms with van der Waals surface area (Å²) in [5.74, 6) is 0. The van der Waals surface area contributed by atoms with Gasteiger partial charge in [-0.25, -0.2) is 0 Å². The van der Waals surface area contributed by atoms with Crippen LogP contribution < -0.4 is 0 Å². The Balaban J connectivity index is 0. The fraction of sp³-hybridized carbons (Fsp3) is 0. The molecule has 4 radical (unpaired) electrons. The van der Waals surface area contributed by atoms with Gasteiger partial charge in [0.05, 0.1) is 0 Å². The van der Waals surface area contributed by atoms with Crippen LogP contribution in [0.15, 0.2) is 0 Å². The van der Waals surface area contributed by atoms with Crippen molar-refractivity contribution in [3.8, 4) is 0 Å². The largest absolute Gasteiger partial charge is 3.00 e. The fourth-order valence-corrected chi connectivity index (χ4v) is 0. The molecule has 0 nitrogen and oxygen atoms in total. The molecule has 0 amide bonds. The Morgan fingerprint density at radius 1 is 0.556 bits per heavy atom. The normalized spacial score (nSPS) is 0. The molecule has 0 rings (SSSR count). The summed E-state index contributed by atoms with van der Waals surface area (Å²) in [5, 5.41) is 0. The Bertz CT molecular complexity index is 12.5. The zero-order valence-corrected chi connectivity index (χ0v) is 12.2. The number of hydrogen-bond donors (Lipinski definition) is 0. The van der Waals surface area contributed by atoms with Crippen LogP contribution in [0.2, 0.25) is 0 Å². The third kappa shape index (κ3) is 75.5. The van der Waals surface area contributed by atoms with Crippen molar-refractivity contribution in [1.82, 2.24) is 0 Å². The van der Waals surface area contributed by atoms with Crippen molar-refractivity contribution in [2.45, 2.75) is 0 Å². The minimum absolute atomic E-state index is 0. The SMILES string of the molecule is [Fe+3].[Fe].[Fe].[Fe].[Ni].[S-].[S-].[S-].[SH-]. The molecule has 0 atom stereocenters. The molecule has 0 aromatic carbocycles. The van der Waals surface area contributed by atoms with Crippen LogP contribution in [-0.4, -0.2) is 0 Å². The topological polar surface area (TPSA) is 0 Å². The molecule has 0 bridgehead atoms. The van der Waals surface area contributed by atoms with Crippen molar-refractivity contribution in [3.05, 3.63) is 0 Å². The summed E-state index contributed by atoms with van der Waals surface area (Å²) in [6, 6.07) is 0. The summed E-state index contributed by atoms with van der Waals surface area (Å²) in [4.78, 5) is 0. The van der Waals surface area contributed by atoms with Gasteiger partial charge in [-0.15, -0.1) is 0 Å². The molecule has 0 heterocycles. The van der Waals surface area contributed by atoms with Crippen LogP contribution in [0, 0.1) is 0 Å². The summed E-state index contributed by atoms with van der Waals surface area (Å²) in [7, 11) is 0. The van der Waals surface area contributed by atoms with E-state index in [0.717, 1.165) is 0 Å². The van der Waals surface area contributed by atoms with Gasteiger partial charge in [-0.1, -0.05) is 0 Å². The van der Waals surface area contributed by atoms with Crippen LogP contribution in [0.25, 0.3) is 0 Å². The maximum Gasteiger partial charge on any atom is 3.00 e. The van der Waals surface area contributed by atoms with Crippen LogP contribution in [0.4, 0.5) is 0 Å². The molecule has 0 saturated heterocycles. The minimum atomic E-state index is 0. The van der Waals surface area contributed by atoms with E-state index in [1.165, 1.54) is 0 Å². The predicted molar refractivity (Wildman–Crippen MR) is 30.9 cm³/mol. The summed E-state index contributed by atoms with van der Waals surface area (Å²) in [6.45, 7) is 0. The van der Waals surface area contributed by atoms with Gasteiger partial charge < -0.3 is 54.0 Å². The first-order chi connectivity index (χ1) is 0. The van der Waals surface area contributed by atoms with Crippen LogP contribution >= 0.6 is 0 Å². The third-order valence-corrected chi connectivity index (χ3v) is 0. The molecule has 0 aromatic rings. The Morgan fingerprint density at radius 2 is 0.556 bits per heavy atom. The van der Waals surface area contributed by atoms with Gasteiger partial charge in [0.25, 0.3) is 0 Å². The average molecular weight is 411 g/mol. The Labute approximate surface area is 137 Å². The quantitative estimate of drug-likeness (QED) is 0.300. The monoisotopic (exact) mass is 411 g/mol. The van der Waals surface area contributed by atoms with Crippen molar-refractivity contribution in [3.63, 3.8) is 0 Å². The molecule has 9 heavy (non-hydrogen) atoms. The molecule has 0 saturated carbocycles. The van der Waals surface area contributed by atoms with Gasteiger partial charge in [-0.05, 0) is 0 Å². The van der Waals surface area contributed by atoms with Gasteiger partial charge in [-0.3, -0.25) is 0 Å². The molecule has 0 aromatic heterocycles. The minimum Gasteiger partial charge on any atom is -1.00 e. The van der Waals surface area contributed by atoms with Gasteiger partial charge >= 0.3 is 17.1 Å². The first kappa shape index (κ1) is 118. The van der Waals surface area contributed by atoms with E-state index in [2.05, 4.69) is 0 Å². The third-order valence-electron chi connectivity index (χ3n) is 0. The second-order valence-corrected chi connectivity index (χ2v) is 0. The average Bonchev–Trinajstić information content (AvgIpc) is 0. The van der Waals surface area contributed by atoms with Crippen molar-refractivity contribution < 1.29 is 84.8 Å². The van der Waals surface area contributed by atoms with Crippen molar-refractivity contribution in [2.24, 2.45) is 0 Å². The maximum atomic E-state index is 0. The standard InChI is InChI=1S/4Fe.Ni.H2S.3S/h;;;;;1H2;;;/q;;;+3;;;3*-1/p-1. The predicted octanol–water partition coefficient (Wildman–Crippen LogP) is -0.290. The van der Waals surface area contributed by atoms with E-state index in [4.69, 9.17) is 0 Å². The summed E-state index contributed by atoms with van der Waals surface area (Å²) in [6.07, 6.45) is 0.